The van der Waals surface area contributed by atoms with E-state index in [0.717, 1.165) is 11.3 Å². The largest absolute Gasteiger partial charge is 0.490 e. The molecule has 0 aliphatic heterocycles. The van der Waals surface area contributed by atoms with E-state index < -0.39 is 28.5 Å². The lowest BCUT2D eigenvalue weighted by atomic mass is 9.80. The summed E-state index contributed by atoms with van der Waals surface area (Å²) in [5, 5.41) is 87.1. The Hall–Kier alpha value is -4.21. The van der Waals surface area contributed by atoms with Gasteiger partial charge in [0.15, 0.2) is 0 Å². The van der Waals surface area contributed by atoms with Crippen LogP contribution in [0.2, 0.25) is 25.1 Å². The third-order valence-electron chi connectivity index (χ3n) is 9.91. The van der Waals surface area contributed by atoms with Crippen LogP contribution in [0.5, 0.6) is 5.75 Å². The Morgan fingerprint density at radius 1 is 0.475 bits per heavy atom. The van der Waals surface area contributed by atoms with Crippen molar-refractivity contribution >= 4 is 222 Å². The van der Waals surface area contributed by atoms with Gasteiger partial charge in [-0.15, -0.1) is 0 Å². The minimum Gasteiger partial charge on any atom is -0.466 e. The first-order chi connectivity index (χ1) is 38.0. The van der Waals surface area contributed by atoms with Gasteiger partial charge in [-0.05, 0) is 102 Å². The maximum Gasteiger partial charge on any atom is 0.490 e. The van der Waals surface area contributed by atoms with Gasteiger partial charge in [-0.25, -0.2) is 0 Å². The van der Waals surface area contributed by atoms with Gasteiger partial charge in [-0.1, -0.05) is 211 Å². The molecule has 0 amide bonds. The predicted octanol–water partition coefficient (Wildman–Crippen LogP) is 8.89. The normalized spacial score (nSPS) is 10.2. The van der Waals surface area contributed by atoms with Gasteiger partial charge < -0.3 is 70.9 Å². The lowest BCUT2D eigenvalue weighted by Gasteiger charge is -2.13. The molecule has 0 spiro atoms. The van der Waals surface area contributed by atoms with Crippen LogP contribution in [0, 0.1) is 0 Å². The summed E-state index contributed by atoms with van der Waals surface area (Å²) >= 11 is 53.3. The van der Waals surface area contributed by atoms with Crippen LogP contribution in [0.1, 0.15) is 25.0 Å². The number of nitrogens with one attached hydrogen (secondary N) is 4. The lowest BCUT2D eigenvalue weighted by Crippen LogP contribution is -2.31. The molecule has 0 aliphatic carbocycles. The standard InChI is InChI=1S/C14H12BCl2NO3S.C14H13BClNO2S2.C13H11BClNO3S.C10H13BClNO2S2/c16-11-7-12(17)13(6-10(11)15(19)20)18-14(22)21-8-9-4-2-1-3-5-9;16-13-7-6-11(8-12(13)15(18)19)17-14(20)21-9-10-4-2-1-3-5-10;15-12-7-6-9(8-11(12)14(17)18)16-13(20)19-10-4-2-1-3-5-10;1-6(2)17-10(16)13-8-5-3-4-7(9(8)12)11(14)15/h1-7,19-20H,8H2,(H,18,22);1-8,18-19H,9H2,(H,17,20);1-8,17-18H,(H,16,20);3-6,14-15H,1-2H3,(H,13,16). The summed E-state index contributed by atoms with van der Waals surface area (Å²) in [5.41, 5.74) is 5.17. The number of rotatable bonds is 14. The van der Waals surface area contributed by atoms with Crippen molar-refractivity contribution in [1.82, 2.24) is 0 Å². The van der Waals surface area contributed by atoms with Crippen molar-refractivity contribution < 1.29 is 49.7 Å². The molecule has 14 nitrogen and oxygen atoms in total. The highest BCUT2D eigenvalue weighted by atomic mass is 35.5. The Bertz CT molecular complexity index is 3140. The SMILES string of the molecule is CC(C)SC(=S)Nc1cccc(B(O)O)c1Cl.OB(O)c1cc(NC(=S)OCc2ccccc2)c(Cl)cc1Cl.OB(O)c1cc(NC(=S)Oc2ccccc2)ccc1Cl.OB(O)c1cc(NC(=S)SCc2ccccc2)ccc1Cl. The van der Waals surface area contributed by atoms with Crippen LogP contribution in [-0.2, 0) is 17.1 Å². The lowest BCUT2D eigenvalue weighted by molar-refractivity contribution is 0.300. The van der Waals surface area contributed by atoms with Gasteiger partial charge in [0.25, 0.3) is 10.3 Å². The minimum atomic E-state index is -1.70. The molecule has 0 fully saturated rings. The van der Waals surface area contributed by atoms with Gasteiger partial charge >= 0.3 is 28.5 Å². The molecule has 7 rings (SSSR count). The van der Waals surface area contributed by atoms with Crippen molar-refractivity contribution in [1.29, 1.82) is 0 Å². The molecule has 80 heavy (non-hydrogen) atoms. The highest BCUT2D eigenvalue weighted by molar-refractivity contribution is 8.23. The second kappa shape index (κ2) is 35.7. The molecule has 7 aromatic carbocycles. The number of para-hydroxylation sites is 1. The summed E-state index contributed by atoms with van der Waals surface area (Å²) in [6.45, 7) is 4.38. The smallest absolute Gasteiger partial charge is 0.466 e. The van der Waals surface area contributed by atoms with Gasteiger partial charge in [-0.2, -0.15) is 0 Å². The quantitative estimate of drug-likeness (QED) is 0.0360. The molecule has 0 heterocycles. The fourth-order valence-corrected chi connectivity index (χ4v) is 10.1. The third kappa shape index (κ3) is 24.7. The number of halogens is 5. The van der Waals surface area contributed by atoms with Gasteiger partial charge in [0, 0.05) is 59.3 Å². The van der Waals surface area contributed by atoms with Crippen molar-refractivity contribution in [2.45, 2.75) is 31.5 Å². The van der Waals surface area contributed by atoms with Crippen LogP contribution in [0.15, 0.2) is 158 Å². The second-order valence-corrected chi connectivity index (χ2v) is 23.0. The topological polar surface area (TPSA) is 228 Å². The highest BCUT2D eigenvalue weighted by Gasteiger charge is 2.21. The van der Waals surface area contributed by atoms with Crippen molar-refractivity contribution in [3.8, 4) is 5.75 Å². The van der Waals surface area contributed by atoms with Crippen LogP contribution < -0.4 is 47.9 Å². The molecule has 0 saturated heterocycles. The molecule has 0 bridgehead atoms. The van der Waals surface area contributed by atoms with Crippen molar-refractivity contribution in [3.05, 3.63) is 194 Å². The number of hydrogen-bond acceptors (Lipinski definition) is 16. The van der Waals surface area contributed by atoms with E-state index in [0.29, 0.717) is 59.0 Å². The molecular formula is C51H49B4Cl5N4O10S6. The predicted molar refractivity (Wildman–Crippen MR) is 354 cm³/mol. The first-order valence-corrected chi connectivity index (χ1v) is 28.7. The average molecular weight is 1290 g/mol. The molecule has 416 valence electrons. The molecule has 0 aromatic heterocycles. The third-order valence-corrected chi connectivity index (χ3v) is 14.5. The van der Waals surface area contributed by atoms with E-state index in [9.17, 15) is 30.1 Å². The molecule has 0 saturated carbocycles. The number of thiocarbonyl (C=S) groups is 4. The highest BCUT2D eigenvalue weighted by Crippen LogP contribution is 2.26. The average Bonchev–Trinajstić information content (AvgIpc) is 3.42. The molecule has 0 atom stereocenters. The van der Waals surface area contributed by atoms with Crippen LogP contribution in [-0.4, -0.2) is 92.9 Å². The maximum absolute atomic E-state index is 9.24. The summed E-state index contributed by atoms with van der Waals surface area (Å²) in [7, 11) is -6.54. The number of thioether (sulfide) groups is 2. The van der Waals surface area contributed by atoms with Gasteiger partial charge in [-0.3, -0.25) is 0 Å². The summed E-state index contributed by atoms with van der Waals surface area (Å²) in [4.78, 5) is 0. The molecule has 12 N–H and O–H groups in total. The van der Waals surface area contributed by atoms with E-state index in [-0.39, 0.29) is 47.3 Å². The second-order valence-electron chi connectivity index (χ2n) is 16.3. The number of anilines is 4. The minimum absolute atomic E-state index is 0.117. The summed E-state index contributed by atoms with van der Waals surface area (Å²) in [6, 6.07) is 46.1. The first kappa shape index (κ1) is 68.3. The molecule has 7 aromatic rings. The number of benzene rings is 7. The molecule has 0 aliphatic rings. The van der Waals surface area contributed by atoms with Crippen molar-refractivity contribution in [2.75, 3.05) is 21.3 Å². The van der Waals surface area contributed by atoms with Crippen molar-refractivity contribution in [3.63, 3.8) is 0 Å². The van der Waals surface area contributed by atoms with Crippen LogP contribution in [0.3, 0.4) is 0 Å². The molecular weight excluding hydrogens is 1240 g/mol. The molecule has 0 unspecified atom stereocenters. The van der Waals surface area contributed by atoms with Gasteiger partial charge in [0.2, 0.25) is 0 Å². The summed E-state index contributed by atoms with van der Waals surface area (Å²) in [5.74, 6) is 1.39. The van der Waals surface area contributed by atoms with Gasteiger partial charge in [0.1, 0.15) is 21.0 Å². The zero-order valence-corrected chi connectivity index (χ0v) is 50.7. The number of hydrogen-bond donors (Lipinski definition) is 12. The Balaban J connectivity index is 0.000000231. The number of ether oxygens (including phenoxy) is 2. The van der Waals surface area contributed by atoms with Gasteiger partial charge in [0.05, 0.1) is 21.4 Å². The Labute approximate surface area is 520 Å². The summed E-state index contributed by atoms with van der Waals surface area (Å²) < 4.78 is 12.0. The molecule has 0 radical (unpaired) electrons. The zero-order valence-electron chi connectivity index (χ0n) is 42.0. The fourth-order valence-electron chi connectivity index (χ4n) is 6.18. The fraction of sp³-hybridized carbons (Fsp3) is 0.0980. The van der Waals surface area contributed by atoms with Crippen LogP contribution in [0.25, 0.3) is 0 Å². The monoisotopic (exact) mass is 1290 g/mol. The Morgan fingerprint density at radius 3 is 1.50 bits per heavy atom. The summed E-state index contributed by atoms with van der Waals surface area (Å²) in [6.07, 6.45) is 0. The van der Waals surface area contributed by atoms with E-state index in [1.54, 1.807) is 60.7 Å². The van der Waals surface area contributed by atoms with Crippen LogP contribution >= 0.6 is 130 Å². The van der Waals surface area contributed by atoms with E-state index in [1.807, 2.05) is 92.7 Å². The van der Waals surface area contributed by atoms with E-state index in [1.165, 1.54) is 47.3 Å². The molecule has 29 heteroatoms. The van der Waals surface area contributed by atoms with Crippen molar-refractivity contribution in [2.24, 2.45) is 0 Å². The van der Waals surface area contributed by atoms with E-state index in [4.69, 9.17) is 126 Å². The Kier molecular flexibility index (Phi) is 30.5. The first-order valence-electron chi connectivity index (χ1n) is 23.3. The Morgan fingerprint density at radius 2 is 0.975 bits per heavy atom. The van der Waals surface area contributed by atoms with E-state index >= 15 is 0 Å². The zero-order chi connectivity index (χ0) is 58.9. The maximum atomic E-state index is 9.24. The van der Waals surface area contributed by atoms with Crippen LogP contribution in [0.4, 0.5) is 22.7 Å². The van der Waals surface area contributed by atoms with E-state index in [2.05, 4.69) is 21.3 Å².